The number of esters is 1. The smallest absolute Gasteiger partial charge is 0.338 e. The van der Waals surface area contributed by atoms with Gasteiger partial charge in [0.1, 0.15) is 6.04 Å². The summed E-state index contributed by atoms with van der Waals surface area (Å²) in [6.07, 6.45) is 2.53. The molecule has 4 heterocycles. The fraction of sp³-hybridized carbons (Fsp3) is 0.435. The lowest BCUT2D eigenvalue weighted by molar-refractivity contribution is -0.139. The molecule has 3 aliphatic heterocycles. The van der Waals surface area contributed by atoms with Crippen LogP contribution in [0.2, 0.25) is 5.02 Å². The average Bonchev–Trinajstić information content (AvgIpc) is 3.49. The zero-order chi connectivity index (χ0) is 22.9. The lowest BCUT2D eigenvalue weighted by atomic mass is 9.94. The van der Waals surface area contributed by atoms with Gasteiger partial charge in [-0.2, -0.15) is 0 Å². The van der Waals surface area contributed by atoms with Crippen molar-refractivity contribution in [2.75, 3.05) is 39.5 Å². The second-order valence-corrected chi connectivity index (χ2v) is 10.6. The second kappa shape index (κ2) is 9.99. The number of benzene rings is 1. The second-order valence-electron chi connectivity index (χ2n) is 8.06. The van der Waals surface area contributed by atoms with Crippen molar-refractivity contribution < 1.29 is 14.3 Å². The van der Waals surface area contributed by atoms with Crippen LogP contribution in [0.4, 0.5) is 0 Å². The van der Waals surface area contributed by atoms with Gasteiger partial charge in [0.2, 0.25) is 0 Å². The van der Waals surface area contributed by atoms with E-state index in [1.807, 2.05) is 30.5 Å². The van der Waals surface area contributed by atoms with E-state index in [9.17, 15) is 4.79 Å². The third kappa shape index (κ3) is 4.58. The van der Waals surface area contributed by atoms with Crippen LogP contribution in [0, 0.1) is 3.57 Å². The Kier molecular flexibility index (Phi) is 7.03. The normalized spacial score (nSPS) is 23.5. The summed E-state index contributed by atoms with van der Waals surface area (Å²) in [5.41, 5.74) is 2.34. The molecule has 2 atom stereocenters. The highest BCUT2D eigenvalue weighted by atomic mass is 127. The van der Waals surface area contributed by atoms with E-state index in [4.69, 9.17) is 26.1 Å². The molecule has 0 spiro atoms. The van der Waals surface area contributed by atoms with Crippen molar-refractivity contribution in [3.05, 3.63) is 60.2 Å². The van der Waals surface area contributed by atoms with E-state index in [2.05, 4.69) is 37.4 Å². The SMILES string of the molecule is CCOC(=O)C1=C2C[C@H](N3CCOCC3)CN2C(c2nccs2)=N[C@H]1c1ccc(I)cc1Cl. The van der Waals surface area contributed by atoms with Crippen molar-refractivity contribution >= 4 is 57.3 Å². The van der Waals surface area contributed by atoms with Gasteiger partial charge in [-0.05, 0) is 41.6 Å². The van der Waals surface area contributed by atoms with E-state index in [0.717, 1.165) is 64.9 Å². The molecule has 5 rings (SSSR count). The first kappa shape index (κ1) is 23.2. The van der Waals surface area contributed by atoms with Crippen LogP contribution in [-0.4, -0.2) is 72.1 Å². The lowest BCUT2D eigenvalue weighted by Crippen LogP contribution is -2.45. The van der Waals surface area contributed by atoms with Crippen LogP contribution in [0.5, 0.6) is 0 Å². The van der Waals surface area contributed by atoms with E-state index in [1.165, 1.54) is 0 Å². The predicted molar refractivity (Wildman–Crippen MR) is 137 cm³/mol. The van der Waals surface area contributed by atoms with Crippen LogP contribution in [0.3, 0.4) is 0 Å². The molecule has 33 heavy (non-hydrogen) atoms. The van der Waals surface area contributed by atoms with Crippen LogP contribution in [0.15, 0.2) is 46.0 Å². The molecule has 0 N–H and O–H groups in total. The van der Waals surface area contributed by atoms with Crippen molar-refractivity contribution in [2.24, 2.45) is 4.99 Å². The Morgan fingerprint density at radius 2 is 2.18 bits per heavy atom. The number of nitrogens with zero attached hydrogens (tertiary/aromatic N) is 4. The third-order valence-electron chi connectivity index (χ3n) is 6.18. The topological polar surface area (TPSA) is 67.3 Å². The number of thiazole rings is 1. The zero-order valence-corrected chi connectivity index (χ0v) is 21.9. The maximum absolute atomic E-state index is 13.3. The number of hydrogen-bond acceptors (Lipinski definition) is 8. The highest BCUT2D eigenvalue weighted by Gasteiger charge is 2.44. The van der Waals surface area contributed by atoms with Crippen LogP contribution in [-0.2, 0) is 14.3 Å². The molecule has 2 aromatic rings. The average molecular weight is 599 g/mol. The summed E-state index contributed by atoms with van der Waals surface area (Å²) in [7, 11) is 0. The van der Waals surface area contributed by atoms with Gasteiger partial charge in [0.25, 0.3) is 0 Å². The van der Waals surface area contributed by atoms with Crippen LogP contribution < -0.4 is 0 Å². The Morgan fingerprint density at radius 1 is 1.36 bits per heavy atom. The van der Waals surface area contributed by atoms with Crippen molar-refractivity contribution in [2.45, 2.75) is 25.4 Å². The van der Waals surface area contributed by atoms with E-state index in [0.29, 0.717) is 17.2 Å². The zero-order valence-electron chi connectivity index (χ0n) is 18.2. The number of rotatable bonds is 5. The summed E-state index contributed by atoms with van der Waals surface area (Å²) < 4.78 is 12.1. The van der Waals surface area contributed by atoms with E-state index in [1.54, 1.807) is 17.5 Å². The number of hydrogen-bond donors (Lipinski definition) is 0. The molecule has 0 radical (unpaired) electrons. The standard InChI is InChI=1S/C23H24ClIN4O3S/c1-2-32-23(30)19-18-12-15(28-6-8-31-9-7-28)13-29(18)21(22-26-5-10-33-22)27-20(19)16-4-3-14(25)11-17(16)24/h3-5,10-11,15,20H,2,6-9,12-13H2,1H3/t15-,20-/m0/s1. The molecule has 0 aliphatic carbocycles. The fourth-order valence-electron chi connectivity index (χ4n) is 4.68. The van der Waals surface area contributed by atoms with Gasteiger partial charge in [-0.1, -0.05) is 17.7 Å². The number of morpholine rings is 1. The Bertz CT molecular complexity index is 1100. The monoisotopic (exact) mass is 598 g/mol. The number of ether oxygens (including phenoxy) is 2. The van der Waals surface area contributed by atoms with Gasteiger partial charge in [0.15, 0.2) is 10.8 Å². The maximum Gasteiger partial charge on any atom is 0.338 e. The van der Waals surface area contributed by atoms with Gasteiger partial charge in [0.05, 0.1) is 25.4 Å². The minimum atomic E-state index is -0.540. The summed E-state index contributed by atoms with van der Waals surface area (Å²) in [6, 6.07) is 5.58. The molecule has 3 aliphatic rings. The number of carbonyl (C=O) groups excluding carboxylic acids is 1. The minimum absolute atomic E-state index is 0.268. The van der Waals surface area contributed by atoms with Crippen LogP contribution in [0.25, 0.3) is 0 Å². The molecular weight excluding hydrogens is 575 g/mol. The number of carbonyl (C=O) groups is 1. The van der Waals surface area contributed by atoms with Crippen LogP contribution >= 0.6 is 45.5 Å². The number of amidine groups is 1. The highest BCUT2D eigenvalue weighted by molar-refractivity contribution is 14.1. The van der Waals surface area contributed by atoms with Gasteiger partial charge >= 0.3 is 5.97 Å². The summed E-state index contributed by atoms with van der Waals surface area (Å²) in [6.45, 7) is 6.12. The molecule has 1 aromatic heterocycles. The quantitative estimate of drug-likeness (QED) is 0.381. The molecule has 174 valence electrons. The van der Waals surface area contributed by atoms with Crippen molar-refractivity contribution in [3.63, 3.8) is 0 Å². The maximum atomic E-state index is 13.3. The molecule has 0 bridgehead atoms. The molecule has 0 amide bonds. The molecule has 0 unspecified atom stereocenters. The molecule has 7 nitrogen and oxygen atoms in total. The number of aliphatic imine (C=N–C) groups is 1. The number of aromatic nitrogens is 1. The van der Waals surface area contributed by atoms with Crippen molar-refractivity contribution in [3.8, 4) is 0 Å². The van der Waals surface area contributed by atoms with Gasteiger partial charge in [0, 0.05) is 63.5 Å². The van der Waals surface area contributed by atoms with Crippen LogP contribution in [0.1, 0.15) is 30.0 Å². The Balaban J connectivity index is 1.64. The predicted octanol–water partition coefficient (Wildman–Crippen LogP) is 4.13. The molecule has 2 fully saturated rings. The number of fused-ring (bicyclic) bond motifs is 1. The fourth-order valence-corrected chi connectivity index (χ4v) is 6.28. The molecule has 0 saturated carbocycles. The summed E-state index contributed by atoms with van der Waals surface area (Å²) in [5.74, 6) is 0.463. The first-order chi connectivity index (χ1) is 16.1. The molecule has 1 aromatic carbocycles. The van der Waals surface area contributed by atoms with E-state index < -0.39 is 6.04 Å². The first-order valence-electron chi connectivity index (χ1n) is 11.0. The van der Waals surface area contributed by atoms with Crippen molar-refractivity contribution in [1.82, 2.24) is 14.8 Å². The summed E-state index contributed by atoms with van der Waals surface area (Å²) in [5, 5.41) is 3.38. The van der Waals surface area contributed by atoms with Gasteiger partial charge in [-0.15, -0.1) is 11.3 Å². The minimum Gasteiger partial charge on any atom is -0.463 e. The third-order valence-corrected chi connectivity index (χ3v) is 7.94. The lowest BCUT2D eigenvalue weighted by Gasteiger charge is -2.33. The Hall–Kier alpha value is -1.53. The van der Waals surface area contributed by atoms with E-state index >= 15 is 0 Å². The van der Waals surface area contributed by atoms with Gasteiger partial charge in [-0.25, -0.2) is 9.78 Å². The molecular formula is C23H24ClIN4O3S. The molecule has 2 saturated heterocycles. The summed E-state index contributed by atoms with van der Waals surface area (Å²) >= 11 is 10.5. The first-order valence-corrected chi connectivity index (χ1v) is 13.3. The highest BCUT2D eigenvalue weighted by Crippen LogP contribution is 2.43. The Morgan fingerprint density at radius 3 is 2.88 bits per heavy atom. The summed E-state index contributed by atoms with van der Waals surface area (Å²) in [4.78, 5) is 27.6. The number of halogens is 2. The van der Waals surface area contributed by atoms with Gasteiger partial charge < -0.3 is 14.4 Å². The van der Waals surface area contributed by atoms with Gasteiger partial charge in [-0.3, -0.25) is 9.89 Å². The largest absolute Gasteiger partial charge is 0.463 e. The Labute approximate surface area is 215 Å². The van der Waals surface area contributed by atoms with Crippen molar-refractivity contribution in [1.29, 1.82) is 0 Å². The van der Waals surface area contributed by atoms with E-state index in [-0.39, 0.29) is 12.0 Å². The molecule has 10 heteroatoms.